The standard InChI is InChI=1S/C13H24N2O3/c1-10(14)5-4-8-12(16)15(9-13(17)18)11-6-2-3-7-11/h10-11H,2-9,14H2,1H3,(H,17,18). The molecule has 0 heterocycles. The van der Waals surface area contributed by atoms with Gasteiger partial charge in [-0.15, -0.1) is 0 Å². The molecule has 5 nitrogen and oxygen atoms in total. The molecule has 0 radical (unpaired) electrons. The number of carboxylic acid groups (broad SMARTS) is 1. The van der Waals surface area contributed by atoms with Gasteiger partial charge in [-0.05, 0) is 32.6 Å². The Morgan fingerprint density at radius 1 is 1.39 bits per heavy atom. The van der Waals surface area contributed by atoms with Crippen LogP contribution in [0.2, 0.25) is 0 Å². The largest absolute Gasteiger partial charge is 0.480 e. The van der Waals surface area contributed by atoms with Crippen LogP contribution in [0.25, 0.3) is 0 Å². The van der Waals surface area contributed by atoms with Crippen LogP contribution in [0.1, 0.15) is 51.9 Å². The number of nitrogens with two attached hydrogens (primary N) is 1. The Labute approximate surface area is 108 Å². The zero-order chi connectivity index (χ0) is 13.5. The first-order valence-electron chi connectivity index (χ1n) is 6.77. The van der Waals surface area contributed by atoms with E-state index in [0.29, 0.717) is 6.42 Å². The van der Waals surface area contributed by atoms with Gasteiger partial charge >= 0.3 is 5.97 Å². The highest BCUT2D eigenvalue weighted by Crippen LogP contribution is 2.24. The van der Waals surface area contributed by atoms with Crippen molar-refractivity contribution in [2.24, 2.45) is 5.73 Å². The normalized spacial score (nSPS) is 17.7. The Morgan fingerprint density at radius 2 is 2.00 bits per heavy atom. The fourth-order valence-electron chi connectivity index (χ4n) is 2.50. The molecule has 0 saturated heterocycles. The topological polar surface area (TPSA) is 83.6 Å². The molecule has 1 saturated carbocycles. The van der Waals surface area contributed by atoms with Crippen LogP contribution in [0.3, 0.4) is 0 Å². The smallest absolute Gasteiger partial charge is 0.323 e. The molecule has 0 aliphatic heterocycles. The molecule has 0 aromatic carbocycles. The van der Waals surface area contributed by atoms with Crippen molar-refractivity contribution in [2.75, 3.05) is 6.54 Å². The van der Waals surface area contributed by atoms with Gasteiger partial charge in [0, 0.05) is 18.5 Å². The molecule has 5 heteroatoms. The van der Waals surface area contributed by atoms with Gasteiger partial charge in [-0.25, -0.2) is 0 Å². The van der Waals surface area contributed by atoms with Gasteiger partial charge in [0.25, 0.3) is 0 Å². The quantitative estimate of drug-likeness (QED) is 0.720. The van der Waals surface area contributed by atoms with E-state index in [1.807, 2.05) is 6.92 Å². The van der Waals surface area contributed by atoms with Gasteiger partial charge in [0.2, 0.25) is 5.91 Å². The molecule has 0 bridgehead atoms. The van der Waals surface area contributed by atoms with E-state index in [9.17, 15) is 9.59 Å². The Hall–Kier alpha value is -1.10. The predicted molar refractivity (Wildman–Crippen MR) is 69.1 cm³/mol. The molecule has 0 spiro atoms. The lowest BCUT2D eigenvalue weighted by molar-refractivity contribution is -0.146. The summed E-state index contributed by atoms with van der Waals surface area (Å²) in [5.74, 6) is -0.965. The van der Waals surface area contributed by atoms with E-state index in [0.717, 1.165) is 38.5 Å². The number of carbonyl (C=O) groups is 2. The summed E-state index contributed by atoms with van der Waals surface area (Å²) in [5.41, 5.74) is 5.64. The molecular formula is C13H24N2O3. The minimum Gasteiger partial charge on any atom is -0.480 e. The molecule has 18 heavy (non-hydrogen) atoms. The monoisotopic (exact) mass is 256 g/mol. The van der Waals surface area contributed by atoms with E-state index < -0.39 is 5.97 Å². The predicted octanol–water partition coefficient (Wildman–Crippen LogP) is 1.36. The van der Waals surface area contributed by atoms with Crippen molar-refractivity contribution >= 4 is 11.9 Å². The van der Waals surface area contributed by atoms with E-state index in [2.05, 4.69) is 0 Å². The lowest BCUT2D eigenvalue weighted by Gasteiger charge is -2.27. The first-order chi connectivity index (χ1) is 8.50. The minimum atomic E-state index is -0.928. The first kappa shape index (κ1) is 15.0. The van der Waals surface area contributed by atoms with Crippen LogP contribution < -0.4 is 5.73 Å². The van der Waals surface area contributed by atoms with Gasteiger partial charge < -0.3 is 15.7 Å². The lowest BCUT2D eigenvalue weighted by atomic mass is 10.1. The number of amides is 1. The highest BCUT2D eigenvalue weighted by atomic mass is 16.4. The number of hydrogen-bond donors (Lipinski definition) is 2. The molecule has 0 aromatic rings. The number of carbonyl (C=O) groups excluding carboxylic acids is 1. The second-order valence-corrected chi connectivity index (χ2v) is 5.22. The molecule has 3 N–H and O–H groups in total. The molecule has 1 aliphatic carbocycles. The average molecular weight is 256 g/mol. The average Bonchev–Trinajstić information content (AvgIpc) is 2.78. The van der Waals surface area contributed by atoms with Crippen LogP contribution in [-0.2, 0) is 9.59 Å². The third kappa shape index (κ3) is 5.04. The molecule has 1 aliphatic rings. The van der Waals surface area contributed by atoms with Gasteiger partial charge in [-0.2, -0.15) is 0 Å². The first-order valence-corrected chi connectivity index (χ1v) is 6.77. The second-order valence-electron chi connectivity index (χ2n) is 5.22. The van der Waals surface area contributed by atoms with E-state index in [4.69, 9.17) is 10.8 Å². The number of carboxylic acids is 1. The summed E-state index contributed by atoms with van der Waals surface area (Å²) in [7, 11) is 0. The highest BCUT2D eigenvalue weighted by molar-refractivity contribution is 5.81. The SMILES string of the molecule is CC(N)CCCC(=O)N(CC(=O)O)C1CCCC1. The third-order valence-corrected chi connectivity index (χ3v) is 3.44. The van der Waals surface area contributed by atoms with Crippen molar-refractivity contribution in [2.45, 2.75) is 64.0 Å². The summed E-state index contributed by atoms with van der Waals surface area (Å²) >= 11 is 0. The number of nitrogens with zero attached hydrogens (tertiary/aromatic N) is 1. The van der Waals surface area contributed by atoms with Crippen molar-refractivity contribution < 1.29 is 14.7 Å². The van der Waals surface area contributed by atoms with Crippen LogP contribution in [0.15, 0.2) is 0 Å². The molecular weight excluding hydrogens is 232 g/mol. The van der Waals surface area contributed by atoms with Gasteiger partial charge in [0.05, 0.1) is 0 Å². The fourth-order valence-corrected chi connectivity index (χ4v) is 2.50. The van der Waals surface area contributed by atoms with Crippen molar-refractivity contribution in [1.82, 2.24) is 4.90 Å². The summed E-state index contributed by atoms with van der Waals surface area (Å²) in [6, 6.07) is 0.223. The lowest BCUT2D eigenvalue weighted by Crippen LogP contribution is -2.42. The van der Waals surface area contributed by atoms with Gasteiger partial charge in [0.15, 0.2) is 0 Å². The van der Waals surface area contributed by atoms with Gasteiger partial charge in [-0.1, -0.05) is 12.8 Å². The zero-order valence-electron chi connectivity index (χ0n) is 11.1. The highest BCUT2D eigenvalue weighted by Gasteiger charge is 2.27. The Morgan fingerprint density at radius 3 is 2.50 bits per heavy atom. The van der Waals surface area contributed by atoms with Crippen molar-refractivity contribution in [1.29, 1.82) is 0 Å². The molecule has 104 valence electrons. The Bertz CT molecular complexity index is 286. The summed E-state index contributed by atoms with van der Waals surface area (Å²) in [5, 5.41) is 8.89. The number of aliphatic carboxylic acids is 1. The molecule has 1 fully saturated rings. The van der Waals surface area contributed by atoms with Crippen LogP contribution in [0.5, 0.6) is 0 Å². The van der Waals surface area contributed by atoms with E-state index >= 15 is 0 Å². The van der Waals surface area contributed by atoms with Gasteiger partial charge in [-0.3, -0.25) is 9.59 Å². The summed E-state index contributed by atoms with van der Waals surface area (Å²) in [6.45, 7) is 1.75. The van der Waals surface area contributed by atoms with Crippen LogP contribution >= 0.6 is 0 Å². The maximum atomic E-state index is 12.1. The molecule has 1 atom stereocenters. The molecule has 1 unspecified atom stereocenters. The maximum absolute atomic E-state index is 12.1. The molecule has 1 amide bonds. The summed E-state index contributed by atoms with van der Waals surface area (Å²) in [4.78, 5) is 24.5. The Balaban J connectivity index is 2.47. The van der Waals surface area contributed by atoms with E-state index in [1.54, 1.807) is 4.90 Å². The Kier molecular flexibility index (Phi) is 6.12. The second kappa shape index (κ2) is 7.36. The van der Waals surface area contributed by atoms with Crippen LogP contribution in [0, 0.1) is 0 Å². The fraction of sp³-hybridized carbons (Fsp3) is 0.846. The summed E-state index contributed by atoms with van der Waals surface area (Å²) in [6.07, 6.45) is 6.00. The summed E-state index contributed by atoms with van der Waals surface area (Å²) < 4.78 is 0. The zero-order valence-corrected chi connectivity index (χ0v) is 11.1. The van der Waals surface area contributed by atoms with E-state index in [1.165, 1.54) is 0 Å². The molecule has 1 rings (SSSR count). The van der Waals surface area contributed by atoms with E-state index in [-0.39, 0.29) is 24.5 Å². The van der Waals surface area contributed by atoms with Gasteiger partial charge in [0.1, 0.15) is 6.54 Å². The van der Waals surface area contributed by atoms with Crippen molar-refractivity contribution in [3.05, 3.63) is 0 Å². The number of rotatable bonds is 7. The number of hydrogen-bond acceptors (Lipinski definition) is 3. The molecule has 0 aromatic heterocycles. The minimum absolute atomic E-state index is 0.0371. The van der Waals surface area contributed by atoms with Crippen molar-refractivity contribution in [3.8, 4) is 0 Å². The van der Waals surface area contributed by atoms with Crippen LogP contribution in [-0.4, -0.2) is 40.5 Å². The maximum Gasteiger partial charge on any atom is 0.323 e. The third-order valence-electron chi connectivity index (χ3n) is 3.44. The van der Waals surface area contributed by atoms with Crippen LogP contribution in [0.4, 0.5) is 0 Å². The van der Waals surface area contributed by atoms with Crippen molar-refractivity contribution in [3.63, 3.8) is 0 Å².